The van der Waals surface area contributed by atoms with E-state index in [1.54, 1.807) is 17.0 Å². The number of benzene rings is 1. The molecular weight excluding hydrogens is 371 g/mol. The highest BCUT2D eigenvalue weighted by Gasteiger charge is 2.16. The van der Waals surface area contributed by atoms with Crippen molar-refractivity contribution in [1.29, 1.82) is 0 Å². The van der Waals surface area contributed by atoms with Crippen molar-refractivity contribution in [2.24, 2.45) is 5.10 Å². The van der Waals surface area contributed by atoms with E-state index >= 15 is 0 Å². The van der Waals surface area contributed by atoms with Crippen molar-refractivity contribution in [3.63, 3.8) is 0 Å². The first-order chi connectivity index (χ1) is 11.5. The molecule has 1 N–H and O–H groups in total. The van der Waals surface area contributed by atoms with E-state index in [4.69, 9.17) is 44.9 Å². The molecule has 1 heterocycles. The molecule has 0 aliphatic rings. The first kappa shape index (κ1) is 18.8. The van der Waals surface area contributed by atoms with Gasteiger partial charge in [0.2, 0.25) is 4.77 Å². The molecule has 0 bridgehead atoms. The van der Waals surface area contributed by atoms with Gasteiger partial charge < -0.3 is 9.47 Å². The minimum Gasteiger partial charge on any atom is -0.494 e. The first-order valence-electron chi connectivity index (χ1n) is 7.34. The molecule has 0 saturated carbocycles. The molecule has 1 aromatic carbocycles. The van der Waals surface area contributed by atoms with Crippen LogP contribution in [0.2, 0.25) is 10.0 Å². The zero-order valence-electron chi connectivity index (χ0n) is 13.6. The molecule has 2 rings (SSSR count). The number of halogens is 2. The highest BCUT2D eigenvalue weighted by atomic mass is 35.5. The maximum absolute atomic E-state index is 6.27. The molecule has 6 nitrogen and oxygen atoms in total. The Bertz CT molecular complexity index is 802. The summed E-state index contributed by atoms with van der Waals surface area (Å²) >= 11 is 17.7. The van der Waals surface area contributed by atoms with Crippen molar-refractivity contribution in [2.45, 2.75) is 26.2 Å². The number of rotatable bonds is 7. The van der Waals surface area contributed by atoms with Gasteiger partial charge in [0.25, 0.3) is 0 Å². The Morgan fingerprint density at radius 2 is 2.04 bits per heavy atom. The van der Waals surface area contributed by atoms with Crippen molar-refractivity contribution < 1.29 is 9.47 Å². The van der Waals surface area contributed by atoms with Gasteiger partial charge in [0.1, 0.15) is 10.8 Å². The van der Waals surface area contributed by atoms with Crippen molar-refractivity contribution in [3.8, 4) is 11.5 Å². The van der Waals surface area contributed by atoms with E-state index in [-0.39, 0.29) is 5.02 Å². The fourth-order valence-electron chi connectivity index (χ4n) is 2.15. The Morgan fingerprint density at radius 1 is 1.33 bits per heavy atom. The molecule has 130 valence electrons. The highest BCUT2D eigenvalue weighted by Crippen LogP contribution is 2.41. The summed E-state index contributed by atoms with van der Waals surface area (Å²) in [6.45, 7) is 2.11. The average molecular weight is 389 g/mol. The van der Waals surface area contributed by atoms with Crippen LogP contribution in [0.25, 0.3) is 0 Å². The number of nitrogens with one attached hydrogen (secondary N) is 1. The number of ether oxygens (including phenoxy) is 2. The fraction of sp³-hybridized carbons (Fsp3) is 0.400. The number of hydrogen-bond acceptors (Lipinski definition) is 5. The minimum atomic E-state index is 0.288. The second kappa shape index (κ2) is 8.50. The van der Waals surface area contributed by atoms with Crippen LogP contribution in [-0.4, -0.2) is 35.3 Å². The lowest BCUT2D eigenvalue weighted by Gasteiger charge is -2.12. The molecule has 0 spiro atoms. The topological polar surface area (TPSA) is 64.4 Å². The quantitative estimate of drug-likeness (QED) is 0.560. The molecular formula is C15H18Cl2N4O2S. The van der Waals surface area contributed by atoms with Gasteiger partial charge in [0.15, 0.2) is 11.6 Å². The predicted molar refractivity (Wildman–Crippen MR) is 98.6 cm³/mol. The summed E-state index contributed by atoms with van der Waals surface area (Å²) in [6, 6.07) is 1.67. The second-order valence-corrected chi connectivity index (χ2v) is 6.10. The molecule has 0 aliphatic carbocycles. The predicted octanol–water partition coefficient (Wildman–Crippen LogP) is 4.49. The first-order valence-corrected chi connectivity index (χ1v) is 8.50. The van der Waals surface area contributed by atoms with Gasteiger partial charge in [0, 0.05) is 12.0 Å². The molecule has 0 unspecified atom stereocenters. The summed E-state index contributed by atoms with van der Waals surface area (Å²) < 4.78 is 12.5. The van der Waals surface area contributed by atoms with E-state index in [0.29, 0.717) is 26.9 Å². The lowest BCUT2D eigenvalue weighted by Crippen LogP contribution is -2.01. The molecule has 24 heavy (non-hydrogen) atoms. The summed E-state index contributed by atoms with van der Waals surface area (Å²) in [6.07, 6.45) is 4.42. The van der Waals surface area contributed by atoms with Crippen LogP contribution in [0.1, 0.15) is 31.2 Å². The Balaban J connectivity index is 2.43. The normalized spacial score (nSPS) is 11.2. The Kier molecular flexibility index (Phi) is 6.65. The van der Waals surface area contributed by atoms with Crippen LogP contribution in [-0.2, 0) is 6.42 Å². The van der Waals surface area contributed by atoms with E-state index in [9.17, 15) is 0 Å². The molecule has 0 radical (unpaired) electrons. The lowest BCUT2D eigenvalue weighted by atomic mass is 10.2. The second-order valence-electron chi connectivity index (χ2n) is 4.93. The van der Waals surface area contributed by atoms with E-state index in [1.165, 1.54) is 14.2 Å². The Labute approximate surface area is 155 Å². The third-order valence-corrected chi connectivity index (χ3v) is 4.24. The Morgan fingerprint density at radius 3 is 2.67 bits per heavy atom. The number of aromatic nitrogens is 3. The van der Waals surface area contributed by atoms with Gasteiger partial charge in [-0.2, -0.15) is 14.9 Å². The van der Waals surface area contributed by atoms with E-state index < -0.39 is 0 Å². The van der Waals surface area contributed by atoms with Crippen molar-refractivity contribution in [1.82, 2.24) is 14.9 Å². The third-order valence-electron chi connectivity index (χ3n) is 3.35. The molecule has 9 heteroatoms. The van der Waals surface area contributed by atoms with Gasteiger partial charge in [-0.1, -0.05) is 36.5 Å². The molecule has 1 aromatic heterocycles. The monoisotopic (exact) mass is 388 g/mol. The van der Waals surface area contributed by atoms with E-state index in [1.807, 2.05) is 0 Å². The van der Waals surface area contributed by atoms with Gasteiger partial charge in [0.05, 0.1) is 25.5 Å². The summed E-state index contributed by atoms with van der Waals surface area (Å²) in [5, 5.41) is 12.0. The summed E-state index contributed by atoms with van der Waals surface area (Å²) in [5.41, 5.74) is 0.609. The summed E-state index contributed by atoms with van der Waals surface area (Å²) in [5.74, 6) is 1.55. The number of unbranched alkanes of at least 4 members (excludes halogenated alkanes) is 1. The molecule has 0 amide bonds. The van der Waals surface area contributed by atoms with Crippen LogP contribution in [0.5, 0.6) is 11.5 Å². The fourth-order valence-corrected chi connectivity index (χ4v) is 3.05. The van der Waals surface area contributed by atoms with Crippen molar-refractivity contribution in [3.05, 3.63) is 32.3 Å². The number of methoxy groups -OCH3 is 2. The van der Waals surface area contributed by atoms with Gasteiger partial charge in [-0.3, -0.25) is 5.10 Å². The Hall–Kier alpha value is -1.57. The van der Waals surface area contributed by atoms with Gasteiger partial charge in [-0.15, -0.1) is 0 Å². The van der Waals surface area contributed by atoms with Gasteiger partial charge in [-0.25, -0.2) is 0 Å². The van der Waals surface area contributed by atoms with Crippen molar-refractivity contribution in [2.75, 3.05) is 14.2 Å². The molecule has 0 saturated heterocycles. The van der Waals surface area contributed by atoms with Crippen LogP contribution in [0.3, 0.4) is 0 Å². The van der Waals surface area contributed by atoms with Gasteiger partial charge >= 0.3 is 0 Å². The molecule has 0 atom stereocenters. The number of aryl methyl sites for hydroxylation is 1. The maximum atomic E-state index is 6.27. The number of aromatic amines is 1. The standard InChI is InChI=1S/C15H18Cl2N4O2S/c1-4-5-6-11-19-20-15(24)21(11)18-8-9-7-10(16)14(23-3)12(17)13(9)22-2/h7-8H,4-6H2,1-3H3,(H,20,24)/b18-8-. The lowest BCUT2D eigenvalue weighted by molar-refractivity contribution is 0.394. The van der Waals surface area contributed by atoms with Gasteiger partial charge in [-0.05, 0) is 24.7 Å². The van der Waals surface area contributed by atoms with Crippen LogP contribution < -0.4 is 9.47 Å². The summed E-state index contributed by atoms with van der Waals surface area (Å²) in [7, 11) is 3.01. The van der Waals surface area contributed by atoms with E-state index in [2.05, 4.69) is 22.2 Å². The van der Waals surface area contributed by atoms with Crippen LogP contribution in [0, 0.1) is 4.77 Å². The van der Waals surface area contributed by atoms with Crippen molar-refractivity contribution >= 4 is 41.6 Å². The maximum Gasteiger partial charge on any atom is 0.216 e. The average Bonchev–Trinajstić information content (AvgIpc) is 2.91. The van der Waals surface area contributed by atoms with Crippen LogP contribution >= 0.6 is 35.4 Å². The molecule has 0 fully saturated rings. The number of nitrogens with zero attached hydrogens (tertiary/aromatic N) is 3. The smallest absolute Gasteiger partial charge is 0.216 e. The molecule has 0 aliphatic heterocycles. The van der Waals surface area contributed by atoms with Crippen LogP contribution in [0.15, 0.2) is 11.2 Å². The SMILES string of the molecule is CCCCc1n[nH]c(=S)n1/N=C\c1cc(Cl)c(OC)c(Cl)c1OC. The van der Waals surface area contributed by atoms with Crippen LogP contribution in [0.4, 0.5) is 0 Å². The minimum absolute atomic E-state index is 0.288. The largest absolute Gasteiger partial charge is 0.494 e. The number of hydrogen-bond donors (Lipinski definition) is 1. The highest BCUT2D eigenvalue weighted by molar-refractivity contribution is 7.71. The summed E-state index contributed by atoms with van der Waals surface area (Å²) in [4.78, 5) is 0. The molecule has 2 aromatic rings. The third kappa shape index (κ3) is 3.91. The number of H-pyrrole nitrogens is 1. The zero-order valence-corrected chi connectivity index (χ0v) is 15.9. The zero-order chi connectivity index (χ0) is 17.7. The van der Waals surface area contributed by atoms with E-state index in [0.717, 1.165) is 25.1 Å².